The second-order valence-electron chi connectivity index (χ2n) is 2.68. The molecule has 0 saturated carbocycles. The van der Waals surface area contributed by atoms with Crippen LogP contribution in [0.25, 0.3) is 0 Å². The van der Waals surface area contributed by atoms with E-state index in [0.717, 1.165) is 6.92 Å². The molecule has 0 saturated heterocycles. The van der Waals surface area contributed by atoms with E-state index in [1.165, 1.54) is 12.1 Å². The van der Waals surface area contributed by atoms with Gasteiger partial charge in [-0.25, -0.2) is 0 Å². The van der Waals surface area contributed by atoms with E-state index >= 15 is 0 Å². The van der Waals surface area contributed by atoms with Gasteiger partial charge in [0.25, 0.3) is 0 Å². The summed E-state index contributed by atoms with van der Waals surface area (Å²) in [4.78, 5) is 10.5. The molecule has 2 N–H and O–H groups in total. The number of para-hydroxylation sites is 1. The Morgan fingerprint density at radius 1 is 1.38 bits per heavy atom. The van der Waals surface area contributed by atoms with Crippen LogP contribution in [0.15, 0.2) is 30.3 Å². The molecule has 0 spiro atoms. The van der Waals surface area contributed by atoms with Crippen LogP contribution in [0.1, 0.15) is 6.92 Å². The fraction of sp³-hybridized carbons (Fsp3) is 0.125. The molecule has 0 heterocycles. The Kier molecular flexibility index (Phi) is 4.57. The summed E-state index contributed by atoms with van der Waals surface area (Å²) in [6, 6.07) is 7.96. The third-order valence-corrected chi connectivity index (χ3v) is 3.35. The van der Waals surface area contributed by atoms with Crippen molar-refractivity contribution in [3.8, 4) is 5.75 Å². The molecule has 1 rings (SSSR count). The Balaban J connectivity index is 2.67. The predicted octanol–water partition coefficient (Wildman–Crippen LogP) is 0.489. The van der Waals surface area contributed by atoms with Crippen LogP contribution in [-0.2, 0) is 16.2 Å². The van der Waals surface area contributed by atoms with Crippen molar-refractivity contribution in [2.45, 2.75) is 6.92 Å². The number of carbonyl (C=O) groups excluding carboxylic acids is 1. The SMILES string of the molecule is CC(=O)NO[As](=O)(OO)Oc1ccccc1. The van der Waals surface area contributed by atoms with Gasteiger partial charge in [-0.3, -0.25) is 0 Å². The van der Waals surface area contributed by atoms with Crippen molar-refractivity contribution in [2.75, 3.05) is 0 Å². The van der Waals surface area contributed by atoms with Crippen LogP contribution < -0.4 is 9.21 Å². The Morgan fingerprint density at radius 2 is 2.00 bits per heavy atom. The van der Waals surface area contributed by atoms with E-state index in [2.05, 4.69) is 7.70 Å². The average molecular weight is 291 g/mol. The van der Waals surface area contributed by atoms with Crippen molar-refractivity contribution in [1.29, 1.82) is 0 Å². The molecule has 1 unspecified atom stereocenters. The number of hydrogen-bond acceptors (Lipinski definition) is 6. The van der Waals surface area contributed by atoms with Crippen molar-refractivity contribution in [3.63, 3.8) is 0 Å². The zero-order chi connectivity index (χ0) is 12.0. The van der Waals surface area contributed by atoms with E-state index in [1.807, 2.05) is 0 Å². The predicted molar refractivity (Wildman–Crippen MR) is 52.1 cm³/mol. The maximum absolute atomic E-state index is 11.6. The first-order valence-electron chi connectivity index (χ1n) is 4.19. The summed E-state index contributed by atoms with van der Waals surface area (Å²) in [7, 11) is 0. The summed E-state index contributed by atoms with van der Waals surface area (Å²) in [6.07, 6.45) is 0. The molecular weight excluding hydrogens is 281 g/mol. The topological polar surface area (TPSA) is 94.1 Å². The van der Waals surface area contributed by atoms with Gasteiger partial charge in [0.15, 0.2) is 0 Å². The first-order chi connectivity index (χ1) is 7.56. The van der Waals surface area contributed by atoms with Gasteiger partial charge in [-0.1, -0.05) is 0 Å². The molecule has 0 fully saturated rings. The molecule has 7 nitrogen and oxygen atoms in total. The average Bonchev–Trinajstić information content (AvgIpc) is 2.28. The van der Waals surface area contributed by atoms with Crippen molar-refractivity contribution >= 4 is 20.4 Å². The van der Waals surface area contributed by atoms with E-state index in [1.54, 1.807) is 23.7 Å². The second kappa shape index (κ2) is 5.71. The Labute approximate surface area is 94.5 Å². The summed E-state index contributed by atoms with van der Waals surface area (Å²) in [5.74, 6) is -0.417. The molecule has 8 heteroatoms. The summed E-state index contributed by atoms with van der Waals surface area (Å²) < 4.78 is 24.4. The number of benzene rings is 1. The summed E-state index contributed by atoms with van der Waals surface area (Å²) in [6.45, 7) is 1.14. The molecule has 88 valence electrons. The number of amides is 1. The van der Waals surface area contributed by atoms with Crippen molar-refractivity contribution in [2.24, 2.45) is 0 Å². The molecule has 0 aromatic heterocycles. The third kappa shape index (κ3) is 4.07. The number of nitrogens with one attached hydrogen (secondary N) is 1. The van der Waals surface area contributed by atoms with Crippen LogP contribution in [0.5, 0.6) is 5.75 Å². The normalized spacial score (nSPS) is 13.9. The van der Waals surface area contributed by atoms with Gasteiger partial charge in [-0.05, 0) is 0 Å². The van der Waals surface area contributed by atoms with E-state index in [-0.39, 0.29) is 5.75 Å². The number of hydroxylamine groups is 1. The van der Waals surface area contributed by atoms with Crippen molar-refractivity contribution < 1.29 is 25.2 Å². The van der Waals surface area contributed by atoms with Gasteiger partial charge in [0.2, 0.25) is 0 Å². The van der Waals surface area contributed by atoms with Crippen LogP contribution >= 0.6 is 0 Å². The fourth-order valence-electron chi connectivity index (χ4n) is 0.783. The number of hydrogen-bond donors (Lipinski definition) is 2. The van der Waals surface area contributed by atoms with Gasteiger partial charge < -0.3 is 0 Å². The van der Waals surface area contributed by atoms with Gasteiger partial charge >= 0.3 is 94.1 Å². The molecule has 1 amide bonds. The fourth-order valence-corrected chi connectivity index (χ4v) is 2.30. The summed E-state index contributed by atoms with van der Waals surface area (Å²) in [5.41, 5.74) is 1.77. The van der Waals surface area contributed by atoms with E-state index < -0.39 is 20.4 Å². The molecule has 16 heavy (non-hydrogen) atoms. The molecule has 1 aromatic carbocycles. The molecular formula is C8H10AsNO6. The van der Waals surface area contributed by atoms with Gasteiger partial charge in [-0.15, -0.1) is 0 Å². The van der Waals surface area contributed by atoms with Crippen LogP contribution in [0.4, 0.5) is 0 Å². The molecule has 0 aliphatic rings. The quantitative estimate of drug-likeness (QED) is 0.466. The number of carbonyl (C=O) groups is 1. The molecule has 0 aliphatic carbocycles. The number of rotatable bonds is 5. The van der Waals surface area contributed by atoms with Crippen molar-refractivity contribution in [1.82, 2.24) is 5.48 Å². The zero-order valence-electron chi connectivity index (χ0n) is 8.32. The minimum absolute atomic E-state index is 0.185. The maximum atomic E-state index is 11.6. The Bertz CT molecular complexity index is 395. The molecule has 1 aromatic rings. The first-order valence-corrected chi connectivity index (χ1v) is 7.25. The Hall–Kier alpha value is -1.27. The standard InChI is InChI=1S/C8H10AsNO6/c1-7(11)10-15-9(12,16-13)14-8-5-3-2-4-6-8/h2-6,13H,1H3,(H,10,11). The van der Waals surface area contributed by atoms with Gasteiger partial charge in [0.05, 0.1) is 0 Å². The van der Waals surface area contributed by atoms with Gasteiger partial charge in [-0.2, -0.15) is 0 Å². The van der Waals surface area contributed by atoms with E-state index in [0.29, 0.717) is 0 Å². The van der Waals surface area contributed by atoms with E-state index in [9.17, 15) is 8.53 Å². The monoisotopic (exact) mass is 291 g/mol. The summed E-state index contributed by atoms with van der Waals surface area (Å²) >= 11 is -4.91. The molecule has 0 aliphatic heterocycles. The van der Waals surface area contributed by atoms with Gasteiger partial charge in [0, 0.05) is 0 Å². The van der Waals surface area contributed by atoms with Crippen LogP contribution in [0, 0.1) is 0 Å². The van der Waals surface area contributed by atoms with Crippen LogP contribution in [0.3, 0.4) is 0 Å². The zero-order valence-corrected chi connectivity index (χ0v) is 10.2. The first kappa shape index (κ1) is 12.8. The third-order valence-electron chi connectivity index (χ3n) is 1.36. The van der Waals surface area contributed by atoms with Gasteiger partial charge in [0.1, 0.15) is 0 Å². The van der Waals surface area contributed by atoms with Crippen LogP contribution in [0.2, 0.25) is 0 Å². The summed E-state index contributed by atoms with van der Waals surface area (Å²) in [5, 5.41) is 8.42. The van der Waals surface area contributed by atoms with Crippen LogP contribution in [-0.4, -0.2) is 25.7 Å². The minimum atomic E-state index is -4.91. The molecule has 0 bridgehead atoms. The van der Waals surface area contributed by atoms with Crippen molar-refractivity contribution in [3.05, 3.63) is 30.3 Å². The second-order valence-corrected chi connectivity index (χ2v) is 5.67. The molecule has 0 radical (unpaired) electrons. The molecule has 1 atom stereocenters. The van der Waals surface area contributed by atoms with E-state index in [4.69, 9.17) is 8.98 Å². The Morgan fingerprint density at radius 3 is 2.50 bits per heavy atom.